The number of fused-ring (bicyclic) bond motifs is 1. The molecule has 0 aliphatic carbocycles. The van der Waals surface area contributed by atoms with Crippen molar-refractivity contribution in [3.05, 3.63) is 71.1 Å². The number of methoxy groups -OCH3 is 1. The van der Waals surface area contributed by atoms with Crippen LogP contribution in [-0.4, -0.2) is 35.2 Å². The standard InChI is InChI=1S/C21H19N5O4/c1-11-17(19(27)24-15-7-8-16-14(9-15)10-22-26-16)18(25-21(29)23-11)12-3-5-13(6-4-12)20(28)30-2/h3-10,18H,1-2H3,(H,22,26)(H,24,27)(H2,23,25,29). The molecule has 1 aliphatic rings. The Kier molecular flexibility index (Phi) is 4.93. The summed E-state index contributed by atoms with van der Waals surface area (Å²) in [6.45, 7) is 1.67. The molecule has 0 saturated heterocycles. The molecule has 0 radical (unpaired) electrons. The Bertz CT molecular complexity index is 1180. The second kappa shape index (κ2) is 7.70. The van der Waals surface area contributed by atoms with Gasteiger partial charge in [-0.1, -0.05) is 12.1 Å². The van der Waals surface area contributed by atoms with Crippen molar-refractivity contribution in [3.63, 3.8) is 0 Å². The van der Waals surface area contributed by atoms with E-state index in [2.05, 4.69) is 26.1 Å². The van der Waals surface area contributed by atoms with E-state index in [-0.39, 0.29) is 5.91 Å². The molecule has 2 aromatic carbocycles. The Morgan fingerprint density at radius 3 is 2.63 bits per heavy atom. The number of urea groups is 1. The van der Waals surface area contributed by atoms with E-state index in [1.807, 2.05) is 12.1 Å². The topological polar surface area (TPSA) is 125 Å². The predicted molar refractivity (Wildman–Crippen MR) is 110 cm³/mol. The summed E-state index contributed by atoms with van der Waals surface area (Å²) in [6, 6.07) is 10.9. The van der Waals surface area contributed by atoms with Gasteiger partial charge in [-0.2, -0.15) is 5.10 Å². The maximum Gasteiger partial charge on any atom is 0.337 e. The number of ether oxygens (including phenoxy) is 1. The largest absolute Gasteiger partial charge is 0.465 e. The van der Waals surface area contributed by atoms with E-state index in [4.69, 9.17) is 4.74 Å². The number of aromatic amines is 1. The van der Waals surface area contributed by atoms with Crippen LogP contribution in [0.2, 0.25) is 0 Å². The number of benzene rings is 2. The van der Waals surface area contributed by atoms with Crippen LogP contribution in [0.25, 0.3) is 10.9 Å². The molecule has 0 bridgehead atoms. The number of amides is 3. The highest BCUT2D eigenvalue weighted by Crippen LogP contribution is 2.28. The first kappa shape index (κ1) is 19.2. The first-order valence-corrected chi connectivity index (χ1v) is 9.17. The number of anilines is 1. The van der Waals surface area contributed by atoms with Crippen LogP contribution in [0.15, 0.2) is 59.9 Å². The van der Waals surface area contributed by atoms with Crippen molar-refractivity contribution in [1.82, 2.24) is 20.8 Å². The minimum atomic E-state index is -0.678. The normalized spacial score (nSPS) is 16.1. The van der Waals surface area contributed by atoms with Gasteiger partial charge >= 0.3 is 12.0 Å². The number of hydrogen-bond acceptors (Lipinski definition) is 5. The molecule has 1 aliphatic heterocycles. The fraction of sp³-hybridized carbons (Fsp3) is 0.143. The molecule has 152 valence electrons. The lowest BCUT2D eigenvalue weighted by molar-refractivity contribution is -0.113. The minimum absolute atomic E-state index is 0.357. The molecule has 2 heterocycles. The molecule has 9 nitrogen and oxygen atoms in total. The van der Waals surface area contributed by atoms with Crippen molar-refractivity contribution in [1.29, 1.82) is 0 Å². The Hall–Kier alpha value is -4.14. The Morgan fingerprint density at radius 2 is 1.90 bits per heavy atom. The molecule has 0 spiro atoms. The third kappa shape index (κ3) is 3.60. The van der Waals surface area contributed by atoms with E-state index in [1.165, 1.54) is 7.11 Å². The van der Waals surface area contributed by atoms with Crippen LogP contribution < -0.4 is 16.0 Å². The summed E-state index contributed by atoms with van der Waals surface area (Å²) in [6.07, 6.45) is 1.67. The number of nitrogens with one attached hydrogen (secondary N) is 4. The summed E-state index contributed by atoms with van der Waals surface area (Å²) in [5, 5.41) is 16.0. The number of H-pyrrole nitrogens is 1. The zero-order chi connectivity index (χ0) is 21.3. The van der Waals surface area contributed by atoms with E-state index in [1.54, 1.807) is 43.5 Å². The van der Waals surface area contributed by atoms with Gasteiger partial charge in [-0.3, -0.25) is 9.89 Å². The summed E-state index contributed by atoms with van der Waals surface area (Å²) in [5.41, 5.74) is 3.31. The van der Waals surface area contributed by atoms with Gasteiger partial charge in [0.2, 0.25) is 0 Å². The van der Waals surface area contributed by atoms with Crippen LogP contribution in [0, 0.1) is 0 Å². The molecule has 30 heavy (non-hydrogen) atoms. The molecular formula is C21H19N5O4. The van der Waals surface area contributed by atoms with Crippen LogP contribution in [0.4, 0.5) is 10.5 Å². The molecule has 0 fully saturated rings. The van der Waals surface area contributed by atoms with Gasteiger partial charge in [0.05, 0.1) is 36.0 Å². The molecule has 1 aromatic heterocycles. The summed E-state index contributed by atoms with van der Waals surface area (Å²) < 4.78 is 4.71. The Balaban J connectivity index is 1.64. The maximum atomic E-state index is 13.1. The maximum absolute atomic E-state index is 13.1. The van der Waals surface area contributed by atoms with Gasteiger partial charge in [0.25, 0.3) is 5.91 Å². The minimum Gasteiger partial charge on any atom is -0.465 e. The molecule has 0 saturated carbocycles. The second-order valence-corrected chi connectivity index (χ2v) is 6.81. The average Bonchev–Trinajstić information content (AvgIpc) is 3.20. The van der Waals surface area contributed by atoms with Crippen molar-refractivity contribution >= 4 is 34.5 Å². The molecule has 3 aromatic rings. The van der Waals surface area contributed by atoms with Crippen molar-refractivity contribution in [2.24, 2.45) is 0 Å². The van der Waals surface area contributed by atoms with Crippen LogP contribution in [0.5, 0.6) is 0 Å². The van der Waals surface area contributed by atoms with Crippen LogP contribution in [0.1, 0.15) is 28.9 Å². The van der Waals surface area contributed by atoms with Gasteiger partial charge in [-0.25, -0.2) is 9.59 Å². The van der Waals surface area contributed by atoms with Gasteiger partial charge in [0.1, 0.15) is 0 Å². The van der Waals surface area contributed by atoms with E-state index in [9.17, 15) is 14.4 Å². The SMILES string of the molecule is COC(=O)c1ccc(C2NC(=O)NC(C)=C2C(=O)Nc2ccc3[nH]ncc3c2)cc1. The predicted octanol–water partition coefficient (Wildman–Crippen LogP) is 2.62. The first-order chi connectivity index (χ1) is 14.5. The van der Waals surface area contributed by atoms with E-state index in [0.717, 1.165) is 10.9 Å². The number of nitrogens with zero attached hydrogens (tertiary/aromatic N) is 1. The fourth-order valence-electron chi connectivity index (χ4n) is 3.39. The first-order valence-electron chi connectivity index (χ1n) is 9.17. The summed E-state index contributed by atoms with van der Waals surface area (Å²) in [5.74, 6) is -0.819. The number of aromatic nitrogens is 2. The lowest BCUT2D eigenvalue weighted by atomic mass is 9.94. The van der Waals surface area contributed by atoms with Gasteiger partial charge < -0.3 is 20.7 Å². The Morgan fingerprint density at radius 1 is 1.13 bits per heavy atom. The number of carbonyl (C=O) groups excluding carboxylic acids is 3. The Labute approximate surface area is 171 Å². The number of hydrogen-bond donors (Lipinski definition) is 4. The molecule has 4 N–H and O–H groups in total. The van der Waals surface area contributed by atoms with E-state index < -0.39 is 18.0 Å². The molecule has 1 unspecified atom stereocenters. The van der Waals surface area contributed by atoms with Gasteiger partial charge in [0, 0.05) is 16.8 Å². The summed E-state index contributed by atoms with van der Waals surface area (Å²) in [4.78, 5) is 36.8. The lowest BCUT2D eigenvalue weighted by Gasteiger charge is -2.28. The van der Waals surface area contributed by atoms with Crippen molar-refractivity contribution < 1.29 is 19.1 Å². The summed E-state index contributed by atoms with van der Waals surface area (Å²) >= 11 is 0. The molecule has 1 atom stereocenters. The van der Waals surface area contributed by atoms with E-state index >= 15 is 0 Å². The second-order valence-electron chi connectivity index (χ2n) is 6.81. The fourth-order valence-corrected chi connectivity index (χ4v) is 3.39. The quantitative estimate of drug-likeness (QED) is 0.497. The number of esters is 1. The highest BCUT2D eigenvalue weighted by molar-refractivity contribution is 6.07. The zero-order valence-corrected chi connectivity index (χ0v) is 16.3. The van der Waals surface area contributed by atoms with Gasteiger partial charge in [-0.05, 0) is 42.8 Å². The van der Waals surface area contributed by atoms with Gasteiger partial charge in [-0.15, -0.1) is 0 Å². The number of carbonyl (C=O) groups is 3. The third-order valence-corrected chi connectivity index (χ3v) is 4.88. The number of allylic oxidation sites excluding steroid dienone is 1. The zero-order valence-electron chi connectivity index (χ0n) is 16.3. The monoisotopic (exact) mass is 405 g/mol. The molecule has 4 rings (SSSR count). The molecule has 3 amide bonds. The third-order valence-electron chi connectivity index (χ3n) is 4.88. The number of rotatable bonds is 4. The van der Waals surface area contributed by atoms with Crippen LogP contribution >= 0.6 is 0 Å². The average molecular weight is 405 g/mol. The van der Waals surface area contributed by atoms with Crippen molar-refractivity contribution in [2.75, 3.05) is 12.4 Å². The highest BCUT2D eigenvalue weighted by Gasteiger charge is 2.31. The van der Waals surface area contributed by atoms with E-state index in [0.29, 0.717) is 28.1 Å². The van der Waals surface area contributed by atoms with Crippen molar-refractivity contribution in [3.8, 4) is 0 Å². The molecular weight excluding hydrogens is 386 g/mol. The smallest absolute Gasteiger partial charge is 0.337 e. The highest BCUT2D eigenvalue weighted by atomic mass is 16.5. The molecule has 9 heteroatoms. The summed E-state index contributed by atoms with van der Waals surface area (Å²) in [7, 11) is 1.30. The van der Waals surface area contributed by atoms with Crippen LogP contribution in [-0.2, 0) is 9.53 Å². The lowest BCUT2D eigenvalue weighted by Crippen LogP contribution is -2.46. The van der Waals surface area contributed by atoms with Crippen LogP contribution in [0.3, 0.4) is 0 Å². The van der Waals surface area contributed by atoms with Crippen molar-refractivity contribution in [2.45, 2.75) is 13.0 Å². The van der Waals surface area contributed by atoms with Gasteiger partial charge in [0.15, 0.2) is 0 Å².